The van der Waals surface area contributed by atoms with Gasteiger partial charge in [0.05, 0.1) is 12.7 Å². The topological polar surface area (TPSA) is 41.7 Å². The summed E-state index contributed by atoms with van der Waals surface area (Å²) in [5.41, 5.74) is 9.56. The molecule has 0 amide bonds. The van der Waals surface area contributed by atoms with Crippen molar-refractivity contribution < 1.29 is 4.74 Å². The largest absolute Gasteiger partial charge is 0.399 e. The van der Waals surface area contributed by atoms with E-state index in [0.29, 0.717) is 12.1 Å². The number of benzene rings is 1. The first-order valence-electron chi connectivity index (χ1n) is 7.73. The van der Waals surface area contributed by atoms with E-state index in [0.717, 1.165) is 38.5 Å². The Morgan fingerprint density at radius 3 is 3.10 bits per heavy atom. The summed E-state index contributed by atoms with van der Waals surface area (Å²) in [5, 5.41) is 0. The maximum Gasteiger partial charge on any atom is 0.0829 e. The minimum Gasteiger partial charge on any atom is -0.399 e. The van der Waals surface area contributed by atoms with E-state index in [1.807, 2.05) is 6.07 Å². The van der Waals surface area contributed by atoms with Gasteiger partial charge in [0.2, 0.25) is 0 Å². The fourth-order valence-corrected chi connectivity index (χ4v) is 3.90. The number of hydrogen-bond acceptors (Lipinski definition) is 4. The van der Waals surface area contributed by atoms with Gasteiger partial charge in [-0.3, -0.25) is 9.80 Å². The van der Waals surface area contributed by atoms with Gasteiger partial charge < -0.3 is 10.5 Å². The molecule has 1 aromatic carbocycles. The molecule has 2 fully saturated rings. The highest BCUT2D eigenvalue weighted by atomic mass is 16.5. The minimum absolute atomic E-state index is 0.371. The van der Waals surface area contributed by atoms with Crippen LogP contribution in [0.15, 0.2) is 18.2 Å². The van der Waals surface area contributed by atoms with Crippen molar-refractivity contribution in [2.45, 2.75) is 38.1 Å². The minimum atomic E-state index is 0.371. The number of nitrogens with zero attached hydrogens (tertiary/aromatic N) is 2. The van der Waals surface area contributed by atoms with Gasteiger partial charge >= 0.3 is 0 Å². The van der Waals surface area contributed by atoms with Crippen LogP contribution < -0.4 is 5.73 Å². The van der Waals surface area contributed by atoms with Crippen LogP contribution in [-0.2, 0) is 17.8 Å². The molecule has 2 N–H and O–H groups in total. The quantitative estimate of drug-likeness (QED) is 0.828. The van der Waals surface area contributed by atoms with Crippen molar-refractivity contribution in [2.24, 2.45) is 0 Å². The van der Waals surface area contributed by atoms with Gasteiger partial charge in [0, 0.05) is 37.9 Å². The second-order valence-corrected chi connectivity index (χ2v) is 6.44. The number of ether oxygens (including phenoxy) is 1. The molecule has 1 aromatic rings. The third-order valence-electron chi connectivity index (χ3n) is 4.94. The molecule has 108 valence electrons. The van der Waals surface area contributed by atoms with Crippen LogP contribution in [0.2, 0.25) is 0 Å². The molecule has 2 unspecified atom stereocenters. The third-order valence-corrected chi connectivity index (χ3v) is 4.94. The van der Waals surface area contributed by atoms with Gasteiger partial charge in [-0.25, -0.2) is 0 Å². The molecular weight excluding hydrogens is 250 g/mol. The van der Waals surface area contributed by atoms with Crippen LogP contribution in [0, 0.1) is 0 Å². The van der Waals surface area contributed by atoms with Gasteiger partial charge in [-0.1, -0.05) is 6.07 Å². The highest BCUT2D eigenvalue weighted by Crippen LogP contribution is 2.27. The Bertz CT molecular complexity index is 504. The summed E-state index contributed by atoms with van der Waals surface area (Å²) in [4.78, 5) is 5.11. The number of anilines is 1. The number of nitrogens with two attached hydrogens (primary N) is 1. The summed E-state index contributed by atoms with van der Waals surface area (Å²) in [6, 6.07) is 6.99. The standard InChI is InChI=1S/C16H23N3O/c17-14-4-3-12-7-18(8-13(12)6-14)9-16-10-19-5-1-2-15(19)11-20-16/h3-4,6,15-16H,1-2,5,7-11,17H2. The molecule has 2 atom stereocenters. The first-order valence-corrected chi connectivity index (χ1v) is 7.73. The fourth-order valence-electron chi connectivity index (χ4n) is 3.90. The van der Waals surface area contributed by atoms with Gasteiger partial charge in [-0.05, 0) is 42.6 Å². The van der Waals surface area contributed by atoms with Gasteiger partial charge in [-0.2, -0.15) is 0 Å². The van der Waals surface area contributed by atoms with Crippen LogP contribution in [-0.4, -0.2) is 48.2 Å². The zero-order valence-electron chi connectivity index (χ0n) is 11.9. The molecular formula is C16H23N3O. The van der Waals surface area contributed by atoms with E-state index < -0.39 is 0 Å². The van der Waals surface area contributed by atoms with Crippen molar-refractivity contribution in [3.8, 4) is 0 Å². The predicted octanol–water partition coefficient (Wildman–Crippen LogP) is 1.45. The van der Waals surface area contributed by atoms with Crippen molar-refractivity contribution in [1.82, 2.24) is 9.80 Å². The summed E-state index contributed by atoms with van der Waals surface area (Å²) >= 11 is 0. The molecule has 0 bridgehead atoms. The smallest absolute Gasteiger partial charge is 0.0829 e. The average molecular weight is 273 g/mol. The molecule has 2 saturated heterocycles. The first-order chi connectivity index (χ1) is 9.78. The maximum absolute atomic E-state index is 6.07. The summed E-state index contributed by atoms with van der Waals surface area (Å²) in [6.45, 7) is 6.40. The van der Waals surface area contributed by atoms with Crippen LogP contribution in [0.4, 0.5) is 5.69 Å². The van der Waals surface area contributed by atoms with Crippen molar-refractivity contribution in [1.29, 1.82) is 0 Å². The van der Waals surface area contributed by atoms with Gasteiger partial charge in [0.1, 0.15) is 0 Å². The van der Waals surface area contributed by atoms with E-state index in [2.05, 4.69) is 21.9 Å². The van der Waals surface area contributed by atoms with Crippen LogP contribution in [0.5, 0.6) is 0 Å². The first kappa shape index (κ1) is 12.6. The van der Waals surface area contributed by atoms with Gasteiger partial charge in [0.25, 0.3) is 0 Å². The lowest BCUT2D eigenvalue weighted by atomic mass is 10.1. The normalized spacial score (nSPS) is 30.4. The Kier molecular flexibility index (Phi) is 3.17. The number of fused-ring (bicyclic) bond motifs is 2. The lowest BCUT2D eigenvalue weighted by Gasteiger charge is -2.36. The van der Waals surface area contributed by atoms with Crippen LogP contribution in [0.1, 0.15) is 24.0 Å². The zero-order valence-corrected chi connectivity index (χ0v) is 11.9. The number of morpholine rings is 1. The van der Waals surface area contributed by atoms with E-state index in [1.54, 1.807) is 0 Å². The SMILES string of the molecule is Nc1ccc2c(c1)CN(CC1CN3CCCC3CO1)C2. The molecule has 3 aliphatic heterocycles. The van der Waals surface area contributed by atoms with Crippen LogP contribution in [0.3, 0.4) is 0 Å². The Morgan fingerprint density at radius 2 is 2.15 bits per heavy atom. The van der Waals surface area contributed by atoms with Crippen molar-refractivity contribution in [2.75, 3.05) is 32.0 Å². The van der Waals surface area contributed by atoms with Crippen LogP contribution >= 0.6 is 0 Å². The lowest BCUT2D eigenvalue weighted by molar-refractivity contribution is -0.0617. The molecule has 3 aliphatic rings. The van der Waals surface area contributed by atoms with E-state index in [-0.39, 0.29) is 0 Å². The maximum atomic E-state index is 6.07. The van der Waals surface area contributed by atoms with Crippen molar-refractivity contribution in [3.63, 3.8) is 0 Å². The highest BCUT2D eigenvalue weighted by Gasteiger charge is 2.33. The van der Waals surface area contributed by atoms with Crippen LogP contribution in [0.25, 0.3) is 0 Å². The number of hydrogen-bond donors (Lipinski definition) is 1. The summed E-state index contributed by atoms with van der Waals surface area (Å²) in [6.07, 6.45) is 3.03. The summed E-state index contributed by atoms with van der Waals surface area (Å²) in [7, 11) is 0. The Hall–Kier alpha value is -1.10. The summed E-state index contributed by atoms with van der Waals surface area (Å²) < 4.78 is 6.07. The number of nitrogen functional groups attached to an aromatic ring is 1. The average Bonchev–Trinajstić information content (AvgIpc) is 3.03. The van der Waals surface area contributed by atoms with E-state index in [9.17, 15) is 0 Å². The molecule has 4 nitrogen and oxygen atoms in total. The second kappa shape index (κ2) is 5.02. The van der Waals surface area contributed by atoms with E-state index >= 15 is 0 Å². The molecule has 3 heterocycles. The van der Waals surface area contributed by atoms with E-state index in [4.69, 9.17) is 10.5 Å². The zero-order chi connectivity index (χ0) is 13.5. The second-order valence-electron chi connectivity index (χ2n) is 6.44. The molecule has 0 radical (unpaired) electrons. The Morgan fingerprint density at radius 1 is 1.25 bits per heavy atom. The Labute approximate surface area is 120 Å². The molecule has 0 aromatic heterocycles. The van der Waals surface area contributed by atoms with Gasteiger partial charge in [0.15, 0.2) is 0 Å². The predicted molar refractivity (Wildman–Crippen MR) is 79.3 cm³/mol. The molecule has 4 rings (SSSR count). The lowest BCUT2D eigenvalue weighted by Crippen LogP contribution is -2.49. The van der Waals surface area contributed by atoms with Crippen molar-refractivity contribution in [3.05, 3.63) is 29.3 Å². The van der Waals surface area contributed by atoms with Crippen molar-refractivity contribution >= 4 is 5.69 Å². The molecule has 0 aliphatic carbocycles. The summed E-state index contributed by atoms with van der Waals surface area (Å²) in [5.74, 6) is 0. The fraction of sp³-hybridized carbons (Fsp3) is 0.625. The number of rotatable bonds is 2. The molecule has 0 saturated carbocycles. The molecule has 0 spiro atoms. The highest BCUT2D eigenvalue weighted by molar-refractivity contribution is 5.46. The molecule has 20 heavy (non-hydrogen) atoms. The molecule has 4 heteroatoms. The Balaban J connectivity index is 1.37. The monoisotopic (exact) mass is 273 g/mol. The van der Waals surface area contributed by atoms with Gasteiger partial charge in [-0.15, -0.1) is 0 Å². The van der Waals surface area contributed by atoms with E-state index in [1.165, 1.54) is 30.5 Å². The third kappa shape index (κ3) is 2.32.